The van der Waals surface area contributed by atoms with Crippen LogP contribution in [0.15, 0.2) is 60.8 Å². The summed E-state index contributed by atoms with van der Waals surface area (Å²) in [6.07, 6.45) is 4.48. The molecule has 2 aromatic heterocycles. The fourth-order valence-electron chi connectivity index (χ4n) is 6.22. The van der Waals surface area contributed by atoms with Crippen molar-refractivity contribution in [3.05, 3.63) is 77.5 Å². The van der Waals surface area contributed by atoms with E-state index in [4.69, 9.17) is 4.98 Å². The molecule has 0 amide bonds. The van der Waals surface area contributed by atoms with Crippen molar-refractivity contribution in [3.8, 4) is 11.3 Å². The van der Waals surface area contributed by atoms with E-state index in [2.05, 4.69) is 103 Å². The molecular formula is C33H35NS. The van der Waals surface area contributed by atoms with Crippen LogP contribution in [-0.2, 0) is 16.2 Å². The van der Waals surface area contributed by atoms with Gasteiger partial charge in [0.2, 0.25) is 0 Å². The molecule has 0 aliphatic heterocycles. The van der Waals surface area contributed by atoms with Gasteiger partial charge >= 0.3 is 0 Å². The van der Waals surface area contributed by atoms with Gasteiger partial charge in [0.15, 0.2) is 0 Å². The van der Waals surface area contributed by atoms with Crippen molar-refractivity contribution < 1.29 is 0 Å². The zero-order valence-corrected chi connectivity index (χ0v) is 22.9. The minimum absolute atomic E-state index is 0.0539. The smallest absolute Gasteiger partial charge is 0.0880 e. The predicted octanol–water partition coefficient (Wildman–Crippen LogP) is 9.92. The van der Waals surface area contributed by atoms with Crippen LogP contribution in [0.5, 0.6) is 0 Å². The highest BCUT2D eigenvalue weighted by Gasteiger charge is 2.39. The molecule has 0 saturated heterocycles. The topological polar surface area (TPSA) is 12.9 Å². The minimum atomic E-state index is 0.0539. The van der Waals surface area contributed by atoms with Crippen molar-refractivity contribution in [2.45, 2.75) is 77.6 Å². The van der Waals surface area contributed by atoms with Gasteiger partial charge < -0.3 is 0 Å². The first-order valence-corrected chi connectivity index (χ1v) is 13.7. The van der Waals surface area contributed by atoms with Gasteiger partial charge in [-0.1, -0.05) is 78.8 Å². The Morgan fingerprint density at radius 1 is 0.829 bits per heavy atom. The third-order valence-corrected chi connectivity index (χ3v) is 9.45. The van der Waals surface area contributed by atoms with Crippen LogP contribution in [0.1, 0.15) is 78.0 Å². The second kappa shape index (κ2) is 7.40. The number of aromatic nitrogens is 1. The van der Waals surface area contributed by atoms with Crippen molar-refractivity contribution in [3.63, 3.8) is 0 Å². The molecule has 0 N–H and O–H groups in total. The molecule has 6 rings (SSSR count). The molecule has 2 heterocycles. The van der Waals surface area contributed by atoms with Crippen LogP contribution in [0.4, 0.5) is 0 Å². The number of thiophene rings is 1. The van der Waals surface area contributed by atoms with Gasteiger partial charge in [0.05, 0.1) is 10.4 Å². The number of pyridine rings is 1. The van der Waals surface area contributed by atoms with E-state index in [9.17, 15) is 0 Å². The van der Waals surface area contributed by atoms with Gasteiger partial charge in [-0.05, 0) is 80.8 Å². The number of hydrogen-bond donors (Lipinski definition) is 0. The van der Waals surface area contributed by atoms with Crippen molar-refractivity contribution >= 4 is 42.3 Å². The summed E-state index contributed by atoms with van der Waals surface area (Å²) >= 11 is 1.91. The van der Waals surface area contributed by atoms with Gasteiger partial charge in [-0.15, -0.1) is 11.3 Å². The van der Waals surface area contributed by atoms with E-state index in [1.807, 2.05) is 17.5 Å². The van der Waals surface area contributed by atoms with Crippen LogP contribution < -0.4 is 0 Å². The molecule has 0 saturated carbocycles. The lowest BCUT2D eigenvalue weighted by Gasteiger charge is -2.42. The van der Waals surface area contributed by atoms with Crippen molar-refractivity contribution in [1.82, 2.24) is 4.98 Å². The van der Waals surface area contributed by atoms with Gasteiger partial charge in [0.25, 0.3) is 0 Å². The van der Waals surface area contributed by atoms with E-state index < -0.39 is 0 Å². The first kappa shape index (κ1) is 22.7. The lowest BCUT2D eigenvalue weighted by atomic mass is 9.62. The second-order valence-electron chi connectivity index (χ2n) is 12.8. The fourth-order valence-corrected chi connectivity index (χ4v) is 7.44. The lowest BCUT2D eigenvalue weighted by molar-refractivity contribution is 0.334. The standard InChI is InChI=1S/C33H35NS/c1-31(2,3)25-19-21(18-20-10-8-9-11-22(20)25)29-30-23(14-17-34-29)27-26(35-30)13-12-24-28(27)33(6,7)16-15-32(24,4)5/h8-14,17-19H,15-16H2,1-7H3. The number of benzene rings is 3. The van der Waals surface area contributed by atoms with Gasteiger partial charge in [0, 0.05) is 27.2 Å². The summed E-state index contributed by atoms with van der Waals surface area (Å²) in [5, 5.41) is 5.45. The molecule has 0 fully saturated rings. The van der Waals surface area contributed by atoms with Gasteiger partial charge in [-0.25, -0.2) is 0 Å². The van der Waals surface area contributed by atoms with Crippen LogP contribution in [0.2, 0.25) is 0 Å². The largest absolute Gasteiger partial charge is 0.255 e. The normalized spacial score (nSPS) is 17.2. The van der Waals surface area contributed by atoms with Crippen LogP contribution in [0.25, 0.3) is 42.2 Å². The average molecular weight is 478 g/mol. The molecule has 0 unspecified atom stereocenters. The molecule has 2 heteroatoms. The van der Waals surface area contributed by atoms with Crippen LogP contribution in [0.3, 0.4) is 0 Å². The molecule has 0 atom stereocenters. The first-order chi connectivity index (χ1) is 16.5. The summed E-state index contributed by atoms with van der Waals surface area (Å²) < 4.78 is 2.70. The molecule has 1 aliphatic rings. The summed E-state index contributed by atoms with van der Waals surface area (Å²) in [5.74, 6) is 0. The molecule has 1 aliphatic carbocycles. The first-order valence-electron chi connectivity index (χ1n) is 12.9. The zero-order chi connectivity index (χ0) is 24.8. The number of hydrogen-bond acceptors (Lipinski definition) is 2. The van der Waals surface area contributed by atoms with Gasteiger partial charge in [0.1, 0.15) is 0 Å². The van der Waals surface area contributed by atoms with Crippen molar-refractivity contribution in [2.24, 2.45) is 0 Å². The molecule has 178 valence electrons. The zero-order valence-electron chi connectivity index (χ0n) is 22.0. The average Bonchev–Trinajstić information content (AvgIpc) is 3.19. The van der Waals surface area contributed by atoms with E-state index in [-0.39, 0.29) is 16.2 Å². The third kappa shape index (κ3) is 3.44. The van der Waals surface area contributed by atoms with E-state index >= 15 is 0 Å². The van der Waals surface area contributed by atoms with Crippen molar-refractivity contribution in [2.75, 3.05) is 0 Å². The number of nitrogens with zero attached hydrogens (tertiary/aromatic N) is 1. The Morgan fingerprint density at radius 3 is 2.34 bits per heavy atom. The van der Waals surface area contributed by atoms with Crippen LogP contribution in [-0.4, -0.2) is 4.98 Å². The molecule has 0 spiro atoms. The van der Waals surface area contributed by atoms with Gasteiger partial charge in [-0.2, -0.15) is 0 Å². The maximum absolute atomic E-state index is 4.99. The Hall–Kier alpha value is -2.71. The van der Waals surface area contributed by atoms with E-state index in [1.165, 1.54) is 60.5 Å². The summed E-state index contributed by atoms with van der Waals surface area (Å²) in [7, 11) is 0. The molecular weight excluding hydrogens is 442 g/mol. The highest BCUT2D eigenvalue weighted by Crippen LogP contribution is 2.52. The molecule has 35 heavy (non-hydrogen) atoms. The van der Waals surface area contributed by atoms with E-state index in [0.29, 0.717) is 0 Å². The van der Waals surface area contributed by atoms with Crippen molar-refractivity contribution in [1.29, 1.82) is 0 Å². The fraction of sp³-hybridized carbons (Fsp3) is 0.364. The Labute approximate surface area is 213 Å². The van der Waals surface area contributed by atoms with Gasteiger partial charge in [-0.3, -0.25) is 4.98 Å². The van der Waals surface area contributed by atoms with E-state index in [0.717, 1.165) is 5.69 Å². The molecule has 0 radical (unpaired) electrons. The predicted molar refractivity (Wildman–Crippen MR) is 154 cm³/mol. The number of fused-ring (bicyclic) bond motifs is 6. The Morgan fingerprint density at radius 2 is 1.57 bits per heavy atom. The summed E-state index contributed by atoms with van der Waals surface area (Å²) in [4.78, 5) is 4.99. The summed E-state index contributed by atoms with van der Waals surface area (Å²) in [5.41, 5.74) is 7.24. The highest BCUT2D eigenvalue weighted by molar-refractivity contribution is 7.26. The highest BCUT2D eigenvalue weighted by atomic mass is 32.1. The maximum atomic E-state index is 4.99. The summed E-state index contributed by atoms with van der Waals surface area (Å²) in [6.45, 7) is 16.6. The maximum Gasteiger partial charge on any atom is 0.0880 e. The van der Waals surface area contributed by atoms with Crippen LogP contribution >= 0.6 is 11.3 Å². The quantitative estimate of drug-likeness (QED) is 0.234. The minimum Gasteiger partial charge on any atom is -0.255 e. The monoisotopic (exact) mass is 477 g/mol. The second-order valence-corrected chi connectivity index (χ2v) is 13.8. The summed E-state index contributed by atoms with van der Waals surface area (Å²) in [6, 6.07) is 20.5. The third-order valence-electron chi connectivity index (χ3n) is 8.28. The molecule has 0 bridgehead atoms. The molecule has 1 nitrogen and oxygen atoms in total. The number of rotatable bonds is 1. The van der Waals surface area contributed by atoms with Crippen LogP contribution in [0, 0.1) is 0 Å². The SMILES string of the molecule is CC(C)(C)c1cc(-c2nccc3c2sc2ccc4c(c23)C(C)(C)CCC4(C)C)cc2ccccc12. The van der Waals surface area contributed by atoms with E-state index in [1.54, 1.807) is 5.56 Å². The Kier molecular flexibility index (Phi) is 4.81. The Bertz CT molecular complexity index is 1620. The Balaban J connectivity index is 1.69. The molecule has 5 aromatic rings. The molecule has 3 aromatic carbocycles. The lowest BCUT2D eigenvalue weighted by Crippen LogP contribution is -2.33.